The van der Waals surface area contributed by atoms with Crippen LogP contribution in [-0.2, 0) is 16.6 Å². The first-order valence-corrected chi connectivity index (χ1v) is 7.96. The van der Waals surface area contributed by atoms with Gasteiger partial charge in [0.05, 0.1) is 4.90 Å². The van der Waals surface area contributed by atoms with E-state index in [1.807, 2.05) is 0 Å². The van der Waals surface area contributed by atoms with Gasteiger partial charge in [-0.2, -0.15) is 0 Å². The number of benzene rings is 2. The Balaban J connectivity index is 2.15. The number of sulfonamides is 1. The Labute approximate surface area is 127 Å². The molecule has 0 radical (unpaired) electrons. The topological polar surface area (TPSA) is 72.2 Å². The fraction of sp³-hybridized carbons (Fsp3) is 0.0769. The maximum absolute atomic E-state index is 11.3. The predicted molar refractivity (Wildman–Crippen MR) is 81.6 cm³/mol. The van der Waals surface area contributed by atoms with Crippen LogP contribution in [0.2, 0.25) is 10.0 Å². The lowest BCUT2D eigenvalue weighted by Gasteiger charge is -2.08. The van der Waals surface area contributed by atoms with Gasteiger partial charge in [-0.1, -0.05) is 29.3 Å². The minimum atomic E-state index is -3.70. The summed E-state index contributed by atoms with van der Waals surface area (Å²) in [6.07, 6.45) is 0. The second-order valence-corrected chi connectivity index (χ2v) is 6.64. The minimum absolute atomic E-state index is 0.0617. The van der Waals surface area contributed by atoms with E-state index in [0.29, 0.717) is 22.3 Å². The third-order valence-corrected chi connectivity index (χ3v) is 3.93. The third kappa shape index (κ3) is 4.11. The SMILES string of the molecule is NS(=O)(=O)c1cccc(NCc2cc(Cl)cc(Cl)c2)c1. The van der Waals surface area contributed by atoms with Gasteiger partial charge in [0.15, 0.2) is 0 Å². The zero-order valence-corrected chi connectivity index (χ0v) is 12.6. The molecule has 0 saturated heterocycles. The molecule has 0 unspecified atom stereocenters. The molecule has 2 rings (SSSR count). The summed E-state index contributed by atoms with van der Waals surface area (Å²) in [4.78, 5) is 0.0617. The van der Waals surface area contributed by atoms with Crippen molar-refractivity contribution in [1.29, 1.82) is 0 Å². The monoisotopic (exact) mass is 330 g/mol. The Morgan fingerprint density at radius 2 is 1.70 bits per heavy atom. The number of rotatable bonds is 4. The Kier molecular flexibility index (Phi) is 4.55. The molecular formula is C13H12Cl2N2O2S. The molecule has 0 saturated carbocycles. The van der Waals surface area contributed by atoms with E-state index in [0.717, 1.165) is 5.56 Å². The van der Waals surface area contributed by atoms with E-state index in [4.69, 9.17) is 28.3 Å². The normalized spacial score (nSPS) is 11.3. The molecule has 0 fully saturated rings. The van der Waals surface area contributed by atoms with E-state index >= 15 is 0 Å². The van der Waals surface area contributed by atoms with Crippen molar-refractivity contribution < 1.29 is 8.42 Å². The number of nitrogens with one attached hydrogen (secondary N) is 1. The molecule has 0 heterocycles. The standard InChI is InChI=1S/C13H12Cl2N2O2S/c14-10-4-9(5-11(15)6-10)8-17-12-2-1-3-13(7-12)20(16,18)19/h1-7,17H,8H2,(H2,16,18,19). The summed E-state index contributed by atoms with van der Waals surface area (Å²) < 4.78 is 22.5. The first-order chi connectivity index (χ1) is 9.34. The van der Waals surface area contributed by atoms with Crippen LogP contribution in [0.4, 0.5) is 5.69 Å². The minimum Gasteiger partial charge on any atom is -0.381 e. The highest BCUT2D eigenvalue weighted by molar-refractivity contribution is 7.89. The van der Waals surface area contributed by atoms with Gasteiger partial charge in [0.2, 0.25) is 10.0 Å². The zero-order valence-electron chi connectivity index (χ0n) is 10.3. The number of hydrogen-bond donors (Lipinski definition) is 2. The van der Waals surface area contributed by atoms with E-state index in [-0.39, 0.29) is 4.90 Å². The zero-order chi connectivity index (χ0) is 14.8. The second kappa shape index (κ2) is 6.01. The molecule has 2 aromatic carbocycles. The van der Waals surface area contributed by atoms with Gasteiger partial charge < -0.3 is 5.32 Å². The van der Waals surface area contributed by atoms with Crippen LogP contribution in [0.15, 0.2) is 47.4 Å². The van der Waals surface area contributed by atoms with Gasteiger partial charge >= 0.3 is 0 Å². The maximum Gasteiger partial charge on any atom is 0.238 e. The third-order valence-electron chi connectivity index (χ3n) is 2.58. The van der Waals surface area contributed by atoms with Gasteiger partial charge in [0, 0.05) is 22.3 Å². The molecule has 2 aromatic rings. The molecule has 0 aliphatic heterocycles. The van der Waals surface area contributed by atoms with Crippen molar-refractivity contribution >= 4 is 38.9 Å². The average molecular weight is 331 g/mol. The molecule has 0 amide bonds. The Bertz CT molecular complexity index is 713. The summed E-state index contributed by atoms with van der Waals surface area (Å²) in [6.45, 7) is 0.467. The van der Waals surface area contributed by atoms with Crippen LogP contribution < -0.4 is 10.5 Å². The maximum atomic E-state index is 11.3. The Hall–Kier alpha value is -1.27. The Morgan fingerprint density at radius 3 is 2.30 bits per heavy atom. The van der Waals surface area contributed by atoms with Gasteiger partial charge in [0.25, 0.3) is 0 Å². The van der Waals surface area contributed by atoms with Crippen LogP contribution in [0.25, 0.3) is 0 Å². The molecule has 20 heavy (non-hydrogen) atoms. The van der Waals surface area contributed by atoms with Crippen molar-refractivity contribution in [3.63, 3.8) is 0 Å². The predicted octanol–water partition coefficient (Wildman–Crippen LogP) is 3.25. The van der Waals surface area contributed by atoms with E-state index < -0.39 is 10.0 Å². The molecule has 0 aromatic heterocycles. The van der Waals surface area contributed by atoms with Gasteiger partial charge in [-0.05, 0) is 42.0 Å². The summed E-state index contributed by atoms with van der Waals surface area (Å²) in [7, 11) is -3.70. The summed E-state index contributed by atoms with van der Waals surface area (Å²) in [6, 6.07) is 11.5. The molecule has 3 N–H and O–H groups in total. The van der Waals surface area contributed by atoms with E-state index in [1.54, 1.807) is 30.3 Å². The summed E-state index contributed by atoms with van der Waals surface area (Å²) in [5.74, 6) is 0. The molecule has 4 nitrogen and oxygen atoms in total. The van der Waals surface area contributed by atoms with Gasteiger partial charge in [-0.25, -0.2) is 13.6 Å². The lowest BCUT2D eigenvalue weighted by Crippen LogP contribution is -2.12. The highest BCUT2D eigenvalue weighted by Gasteiger charge is 2.07. The van der Waals surface area contributed by atoms with Crippen LogP contribution in [0.5, 0.6) is 0 Å². The summed E-state index contributed by atoms with van der Waals surface area (Å²) >= 11 is 11.8. The van der Waals surface area contributed by atoms with Crippen LogP contribution in [0.1, 0.15) is 5.56 Å². The molecule has 7 heteroatoms. The van der Waals surface area contributed by atoms with Crippen molar-refractivity contribution in [2.45, 2.75) is 11.4 Å². The molecule has 0 aliphatic carbocycles. The van der Waals surface area contributed by atoms with Gasteiger partial charge in [-0.3, -0.25) is 0 Å². The average Bonchev–Trinajstić information content (AvgIpc) is 2.35. The fourth-order valence-electron chi connectivity index (χ4n) is 1.70. The number of hydrogen-bond acceptors (Lipinski definition) is 3. The van der Waals surface area contributed by atoms with Crippen molar-refractivity contribution in [2.24, 2.45) is 5.14 Å². The molecule has 0 aliphatic rings. The lowest BCUT2D eigenvalue weighted by molar-refractivity contribution is 0.598. The van der Waals surface area contributed by atoms with Crippen molar-refractivity contribution in [1.82, 2.24) is 0 Å². The van der Waals surface area contributed by atoms with Crippen LogP contribution in [0.3, 0.4) is 0 Å². The smallest absolute Gasteiger partial charge is 0.238 e. The van der Waals surface area contributed by atoms with Crippen molar-refractivity contribution in [2.75, 3.05) is 5.32 Å². The second-order valence-electron chi connectivity index (χ2n) is 4.20. The highest BCUT2D eigenvalue weighted by atomic mass is 35.5. The van der Waals surface area contributed by atoms with Crippen molar-refractivity contribution in [3.8, 4) is 0 Å². The molecule has 0 spiro atoms. The fourth-order valence-corrected chi connectivity index (χ4v) is 2.83. The highest BCUT2D eigenvalue weighted by Crippen LogP contribution is 2.20. The number of primary sulfonamides is 1. The largest absolute Gasteiger partial charge is 0.381 e. The van der Waals surface area contributed by atoms with Crippen molar-refractivity contribution in [3.05, 3.63) is 58.1 Å². The van der Waals surface area contributed by atoms with E-state index in [2.05, 4.69) is 5.32 Å². The van der Waals surface area contributed by atoms with E-state index in [9.17, 15) is 8.42 Å². The molecule has 0 atom stereocenters. The Morgan fingerprint density at radius 1 is 1.05 bits per heavy atom. The molecule has 0 bridgehead atoms. The van der Waals surface area contributed by atoms with Crippen LogP contribution in [0, 0.1) is 0 Å². The first-order valence-electron chi connectivity index (χ1n) is 5.66. The van der Waals surface area contributed by atoms with Gasteiger partial charge in [0.1, 0.15) is 0 Å². The quantitative estimate of drug-likeness (QED) is 0.903. The summed E-state index contributed by atoms with van der Waals surface area (Å²) in [5, 5.41) is 9.27. The lowest BCUT2D eigenvalue weighted by atomic mass is 10.2. The van der Waals surface area contributed by atoms with Crippen LogP contribution in [-0.4, -0.2) is 8.42 Å². The number of anilines is 1. The summed E-state index contributed by atoms with van der Waals surface area (Å²) in [5.41, 5.74) is 1.54. The molecular weight excluding hydrogens is 319 g/mol. The number of halogens is 2. The molecule has 106 valence electrons. The van der Waals surface area contributed by atoms with E-state index in [1.165, 1.54) is 12.1 Å². The first kappa shape index (κ1) is 15.1. The van der Waals surface area contributed by atoms with Crippen LogP contribution >= 0.6 is 23.2 Å². The number of nitrogens with two attached hydrogens (primary N) is 1. The van der Waals surface area contributed by atoms with Gasteiger partial charge in [-0.15, -0.1) is 0 Å².